The molecule has 0 bridgehead atoms. The Hall–Kier alpha value is -5.20. The topological polar surface area (TPSA) is 0 Å². The van der Waals surface area contributed by atoms with Crippen LogP contribution in [0.3, 0.4) is 0 Å². The highest BCUT2D eigenvalue weighted by atomic mass is 14.4. The molecular weight excluding hydrogens is 613 g/mol. The minimum Gasteiger partial charge on any atom is -0.103 e. The fraction of sp³-hybridized carbons (Fsp3) is 0.216. The summed E-state index contributed by atoms with van der Waals surface area (Å²) in [5.41, 5.74) is 13.9. The monoisotopic (exact) mass is 664 g/mol. The van der Waals surface area contributed by atoms with Gasteiger partial charge >= 0.3 is 0 Å². The van der Waals surface area contributed by atoms with E-state index < -0.39 is 0 Å². The summed E-state index contributed by atoms with van der Waals surface area (Å²) >= 11 is 0. The van der Waals surface area contributed by atoms with E-state index >= 15 is 0 Å². The molecule has 0 aromatic heterocycles. The molecule has 3 unspecified atom stereocenters. The Bertz CT molecular complexity index is 2370. The lowest BCUT2D eigenvalue weighted by molar-refractivity contribution is 0.863. The number of hydrogen-bond acceptors (Lipinski definition) is 0. The molecule has 0 aliphatic heterocycles. The van der Waals surface area contributed by atoms with Crippen molar-refractivity contribution in [1.29, 1.82) is 0 Å². The summed E-state index contributed by atoms with van der Waals surface area (Å²) < 4.78 is 0. The second kappa shape index (κ2) is 15.4. The Morgan fingerprint density at radius 1 is 0.569 bits per heavy atom. The zero-order valence-corrected chi connectivity index (χ0v) is 31.7. The largest absolute Gasteiger partial charge is 0.103 e. The predicted octanol–water partition coefficient (Wildman–Crippen LogP) is 15.2. The van der Waals surface area contributed by atoms with Crippen LogP contribution in [0.5, 0.6) is 0 Å². The maximum absolute atomic E-state index is 3.36. The van der Waals surface area contributed by atoms with Crippen LogP contribution < -0.4 is 0 Å². The molecule has 256 valence electrons. The first-order chi connectivity index (χ1) is 25.0. The summed E-state index contributed by atoms with van der Waals surface area (Å²) in [6.07, 6.45) is 16.2. The molecular formula is C51H52. The van der Waals surface area contributed by atoms with Crippen LogP contribution in [-0.4, -0.2) is 0 Å². The third-order valence-corrected chi connectivity index (χ3v) is 10.5. The highest BCUT2D eigenvalue weighted by Crippen LogP contribution is 2.54. The van der Waals surface area contributed by atoms with Crippen molar-refractivity contribution in [1.82, 2.24) is 0 Å². The van der Waals surface area contributed by atoms with Crippen molar-refractivity contribution in [2.75, 3.05) is 0 Å². The van der Waals surface area contributed by atoms with E-state index in [4.69, 9.17) is 0 Å². The molecule has 3 aliphatic carbocycles. The van der Waals surface area contributed by atoms with Crippen LogP contribution in [0.15, 0.2) is 146 Å². The van der Waals surface area contributed by atoms with E-state index in [1.54, 1.807) is 6.08 Å². The first-order valence-electron chi connectivity index (χ1n) is 19.0. The number of benzene rings is 6. The van der Waals surface area contributed by atoms with Crippen LogP contribution in [0.25, 0.3) is 54.6 Å². The maximum Gasteiger partial charge on any atom is 0.0285 e. The van der Waals surface area contributed by atoms with E-state index in [0.717, 1.165) is 0 Å². The molecule has 6 aromatic carbocycles. The average Bonchev–Trinajstić information content (AvgIpc) is 3.37. The first kappa shape index (κ1) is 35.6. The molecule has 0 fully saturated rings. The van der Waals surface area contributed by atoms with Crippen molar-refractivity contribution >= 4 is 43.5 Å². The molecule has 0 amide bonds. The van der Waals surface area contributed by atoms with Gasteiger partial charge in [0.25, 0.3) is 0 Å². The highest BCUT2D eigenvalue weighted by molar-refractivity contribution is 6.22. The Morgan fingerprint density at radius 3 is 1.96 bits per heavy atom. The Kier molecular flexibility index (Phi) is 10.7. The number of rotatable bonds is 2. The summed E-state index contributed by atoms with van der Waals surface area (Å²) in [6.45, 7) is 20.2. The van der Waals surface area contributed by atoms with Gasteiger partial charge < -0.3 is 0 Å². The number of allylic oxidation sites excluding steroid dienone is 9. The van der Waals surface area contributed by atoms with Gasteiger partial charge in [-0.05, 0) is 114 Å². The van der Waals surface area contributed by atoms with Crippen LogP contribution in [0.1, 0.15) is 93.7 Å². The summed E-state index contributed by atoms with van der Waals surface area (Å²) in [7, 11) is 0. The van der Waals surface area contributed by atoms with E-state index in [-0.39, 0.29) is 0 Å². The van der Waals surface area contributed by atoms with Gasteiger partial charge in [-0.25, -0.2) is 0 Å². The van der Waals surface area contributed by atoms with Crippen LogP contribution in [-0.2, 0) is 0 Å². The Labute approximate surface area is 306 Å². The van der Waals surface area contributed by atoms with Crippen LogP contribution in [0, 0.1) is 12.8 Å². The average molecular weight is 665 g/mol. The van der Waals surface area contributed by atoms with Crippen LogP contribution in [0.4, 0.5) is 0 Å². The summed E-state index contributed by atoms with van der Waals surface area (Å²) in [5.74, 6) is 1.00. The van der Waals surface area contributed by atoms with Gasteiger partial charge in [0.1, 0.15) is 0 Å². The zero-order chi connectivity index (χ0) is 36.2. The van der Waals surface area contributed by atoms with Gasteiger partial charge in [0.2, 0.25) is 0 Å². The van der Waals surface area contributed by atoms with Gasteiger partial charge in [-0.15, -0.1) is 6.58 Å². The molecule has 3 atom stereocenters. The molecule has 0 N–H and O–H groups in total. The number of aryl methyl sites for hydroxylation is 1. The molecule has 0 saturated heterocycles. The van der Waals surface area contributed by atoms with Crippen molar-refractivity contribution in [3.63, 3.8) is 0 Å². The molecule has 9 rings (SSSR count). The Balaban J connectivity index is 0.000000601. The first-order valence-corrected chi connectivity index (χ1v) is 19.0. The van der Waals surface area contributed by atoms with Gasteiger partial charge in [-0.1, -0.05) is 181 Å². The molecule has 0 nitrogen and oxygen atoms in total. The quantitative estimate of drug-likeness (QED) is 0.128. The molecule has 51 heavy (non-hydrogen) atoms. The smallest absolute Gasteiger partial charge is 0.0285 e. The maximum atomic E-state index is 3.36. The summed E-state index contributed by atoms with van der Waals surface area (Å²) in [5, 5.41) is 8.11. The fourth-order valence-corrected chi connectivity index (χ4v) is 8.35. The lowest BCUT2D eigenvalue weighted by atomic mass is 9.69. The van der Waals surface area contributed by atoms with E-state index in [1.807, 2.05) is 34.6 Å². The van der Waals surface area contributed by atoms with Gasteiger partial charge in [0.15, 0.2) is 0 Å². The van der Waals surface area contributed by atoms with Gasteiger partial charge in [0, 0.05) is 5.92 Å². The molecule has 0 heteroatoms. The van der Waals surface area contributed by atoms with Crippen molar-refractivity contribution < 1.29 is 0 Å². The van der Waals surface area contributed by atoms with E-state index in [0.29, 0.717) is 17.8 Å². The molecule has 0 heterocycles. The SMILES string of the molecule is C=CC.CC.CC.Cc1c(C2=CC=C(c3c4ccccc4c4c5c6c(ccc35)C(C)C=CC6c3ccccc3-4)C=CC2C)ccc2ccccc12. The van der Waals surface area contributed by atoms with Crippen molar-refractivity contribution in [3.8, 4) is 11.1 Å². The van der Waals surface area contributed by atoms with Crippen molar-refractivity contribution in [3.05, 3.63) is 180 Å². The molecule has 0 spiro atoms. The van der Waals surface area contributed by atoms with Gasteiger partial charge in [-0.2, -0.15) is 0 Å². The fourth-order valence-electron chi connectivity index (χ4n) is 8.35. The summed E-state index contributed by atoms with van der Waals surface area (Å²) in [6, 6.07) is 36.3. The van der Waals surface area contributed by atoms with Crippen molar-refractivity contribution in [2.24, 2.45) is 5.92 Å². The molecule has 0 radical (unpaired) electrons. The third-order valence-electron chi connectivity index (χ3n) is 10.5. The second-order valence-corrected chi connectivity index (χ2v) is 13.3. The minimum atomic E-state index is 0.295. The highest BCUT2D eigenvalue weighted by Gasteiger charge is 2.33. The number of hydrogen-bond donors (Lipinski definition) is 0. The minimum absolute atomic E-state index is 0.295. The lowest BCUT2D eigenvalue weighted by Gasteiger charge is -2.34. The van der Waals surface area contributed by atoms with Crippen LogP contribution in [0.2, 0.25) is 0 Å². The van der Waals surface area contributed by atoms with E-state index in [2.05, 4.69) is 161 Å². The lowest BCUT2D eigenvalue weighted by Crippen LogP contribution is -2.15. The van der Waals surface area contributed by atoms with Gasteiger partial charge in [-0.3, -0.25) is 0 Å². The predicted molar refractivity (Wildman–Crippen MR) is 228 cm³/mol. The summed E-state index contributed by atoms with van der Waals surface area (Å²) in [4.78, 5) is 0. The molecule has 0 saturated carbocycles. The third kappa shape index (κ3) is 6.02. The Morgan fingerprint density at radius 2 is 1.22 bits per heavy atom. The molecule has 3 aliphatic rings. The van der Waals surface area contributed by atoms with Gasteiger partial charge in [0.05, 0.1) is 0 Å². The zero-order valence-electron chi connectivity index (χ0n) is 31.7. The van der Waals surface area contributed by atoms with Crippen molar-refractivity contribution in [2.45, 2.75) is 67.2 Å². The number of fused-ring (bicyclic) bond motifs is 6. The molecule has 6 aromatic rings. The van der Waals surface area contributed by atoms with E-state index in [1.165, 1.54) is 88.0 Å². The van der Waals surface area contributed by atoms with Crippen LogP contribution >= 0.6 is 0 Å². The standard InChI is InChI=1S/C44H34.C3H6.2C2H6/c1-26-16-18-30(20-22-31(26)34-23-19-29-10-4-5-11-33(29)28(34)3)41-37-14-8-9-15-38(37)43-36-13-7-6-12-35(36)39-21-17-27(2)32-24-25-40(41)44(43)42(32)39;1-3-2;2*1-2/h4-27,39H,1-3H3;3H,1H2,2H3;2*1-2H3. The normalized spacial score (nSPS) is 17.8. The second-order valence-electron chi connectivity index (χ2n) is 13.3. The van der Waals surface area contributed by atoms with E-state index in [9.17, 15) is 0 Å².